The van der Waals surface area contributed by atoms with Gasteiger partial charge in [-0.25, -0.2) is 9.67 Å². The van der Waals surface area contributed by atoms with Crippen LogP contribution < -0.4 is 0 Å². The third kappa shape index (κ3) is 1.62. The van der Waals surface area contributed by atoms with E-state index in [1.54, 1.807) is 6.33 Å². The molecule has 0 fully saturated rings. The first-order valence-corrected chi connectivity index (χ1v) is 4.49. The summed E-state index contributed by atoms with van der Waals surface area (Å²) in [6.07, 6.45) is 4.97. The molecule has 1 aliphatic heterocycles. The number of aryl methyl sites for hydroxylation is 1. The molecule has 0 saturated carbocycles. The van der Waals surface area contributed by atoms with Crippen molar-refractivity contribution in [3.63, 3.8) is 0 Å². The van der Waals surface area contributed by atoms with Crippen molar-refractivity contribution in [2.24, 2.45) is 7.05 Å². The summed E-state index contributed by atoms with van der Waals surface area (Å²) < 4.78 is 1.82. The molecule has 0 radical (unpaired) electrons. The summed E-state index contributed by atoms with van der Waals surface area (Å²) in [7, 11) is 4.06. The normalized spacial score (nSPS) is 18.8. The molecule has 0 aliphatic carbocycles. The zero-order chi connectivity index (χ0) is 9.26. The van der Waals surface area contributed by atoms with Gasteiger partial charge in [0.2, 0.25) is 0 Å². The van der Waals surface area contributed by atoms with Crippen molar-refractivity contribution in [3.8, 4) is 0 Å². The van der Waals surface area contributed by atoms with E-state index in [0.717, 1.165) is 25.3 Å². The fraction of sp³-hybridized carbons (Fsp3) is 0.556. The molecule has 0 unspecified atom stereocenters. The Morgan fingerprint density at radius 3 is 2.85 bits per heavy atom. The fourth-order valence-corrected chi connectivity index (χ4v) is 1.64. The smallest absolute Gasteiger partial charge is 0.154 e. The maximum absolute atomic E-state index is 4.23. The number of hydrogen-bond donors (Lipinski definition) is 0. The zero-order valence-electron chi connectivity index (χ0n) is 8.06. The quantitative estimate of drug-likeness (QED) is 0.629. The molecule has 70 valence electrons. The third-order valence-electron chi connectivity index (χ3n) is 2.34. The summed E-state index contributed by atoms with van der Waals surface area (Å²) >= 11 is 0. The van der Waals surface area contributed by atoms with Gasteiger partial charge in [0.15, 0.2) is 5.82 Å². The molecule has 1 aromatic rings. The van der Waals surface area contributed by atoms with Gasteiger partial charge in [0.1, 0.15) is 6.33 Å². The zero-order valence-corrected chi connectivity index (χ0v) is 8.06. The van der Waals surface area contributed by atoms with E-state index in [1.165, 1.54) is 5.57 Å². The van der Waals surface area contributed by atoms with Crippen LogP contribution in [0.3, 0.4) is 0 Å². The molecule has 13 heavy (non-hydrogen) atoms. The lowest BCUT2D eigenvalue weighted by molar-refractivity contribution is 0.371. The maximum atomic E-state index is 4.23. The minimum atomic E-state index is 0.979. The topological polar surface area (TPSA) is 34.0 Å². The van der Waals surface area contributed by atoms with Gasteiger partial charge in [-0.3, -0.25) is 0 Å². The number of aromatic nitrogens is 3. The molecule has 2 rings (SSSR count). The van der Waals surface area contributed by atoms with Crippen LogP contribution >= 0.6 is 0 Å². The average molecular weight is 178 g/mol. The van der Waals surface area contributed by atoms with Crippen molar-refractivity contribution in [1.82, 2.24) is 19.7 Å². The second-order valence-electron chi connectivity index (χ2n) is 3.46. The van der Waals surface area contributed by atoms with Gasteiger partial charge in [0, 0.05) is 25.7 Å². The summed E-state index contributed by atoms with van der Waals surface area (Å²) in [6.45, 7) is 2.12. The highest BCUT2D eigenvalue weighted by Crippen LogP contribution is 2.16. The van der Waals surface area contributed by atoms with Gasteiger partial charge in [0.05, 0.1) is 0 Å². The van der Waals surface area contributed by atoms with Crippen LogP contribution in [-0.4, -0.2) is 39.8 Å². The second-order valence-corrected chi connectivity index (χ2v) is 3.46. The van der Waals surface area contributed by atoms with E-state index in [-0.39, 0.29) is 0 Å². The summed E-state index contributed by atoms with van der Waals surface area (Å²) in [4.78, 5) is 6.53. The Morgan fingerprint density at radius 2 is 2.23 bits per heavy atom. The summed E-state index contributed by atoms with van der Waals surface area (Å²) in [5, 5.41) is 4.06. The first-order chi connectivity index (χ1) is 6.27. The molecule has 0 spiro atoms. The minimum Gasteiger partial charge on any atom is -0.302 e. The molecule has 0 bridgehead atoms. The molecule has 0 N–H and O–H groups in total. The molecule has 1 aromatic heterocycles. The molecule has 0 amide bonds. The number of hydrogen-bond acceptors (Lipinski definition) is 3. The fourth-order valence-electron chi connectivity index (χ4n) is 1.64. The van der Waals surface area contributed by atoms with Gasteiger partial charge in [-0.05, 0) is 13.5 Å². The van der Waals surface area contributed by atoms with E-state index in [2.05, 4.69) is 28.1 Å². The van der Waals surface area contributed by atoms with Crippen LogP contribution in [0, 0.1) is 0 Å². The van der Waals surface area contributed by atoms with E-state index < -0.39 is 0 Å². The SMILES string of the molecule is CN1CCC=C(c2ncnn2C)C1. The average Bonchev–Trinajstić information content (AvgIpc) is 2.51. The van der Waals surface area contributed by atoms with Crippen LogP contribution in [0.1, 0.15) is 12.2 Å². The van der Waals surface area contributed by atoms with Crippen molar-refractivity contribution >= 4 is 5.57 Å². The van der Waals surface area contributed by atoms with Crippen LogP contribution in [0.25, 0.3) is 5.57 Å². The van der Waals surface area contributed by atoms with Crippen molar-refractivity contribution in [3.05, 3.63) is 18.2 Å². The van der Waals surface area contributed by atoms with Gasteiger partial charge < -0.3 is 4.90 Å². The Labute approximate surface area is 77.9 Å². The number of rotatable bonds is 1. The van der Waals surface area contributed by atoms with Crippen LogP contribution in [-0.2, 0) is 7.05 Å². The largest absolute Gasteiger partial charge is 0.302 e. The van der Waals surface area contributed by atoms with Crippen molar-refractivity contribution < 1.29 is 0 Å². The standard InChI is InChI=1S/C9H14N4/c1-12-5-3-4-8(6-12)9-10-7-11-13(9)2/h4,7H,3,5-6H2,1-2H3. The number of likely N-dealkylation sites (N-methyl/N-ethyl adjacent to an activating group) is 1. The highest BCUT2D eigenvalue weighted by molar-refractivity contribution is 5.62. The Balaban J connectivity index is 2.26. The maximum Gasteiger partial charge on any atom is 0.154 e. The van der Waals surface area contributed by atoms with Gasteiger partial charge in [-0.1, -0.05) is 6.08 Å². The lowest BCUT2D eigenvalue weighted by Crippen LogP contribution is -2.25. The number of nitrogens with zero attached hydrogens (tertiary/aromatic N) is 4. The van der Waals surface area contributed by atoms with Crippen LogP contribution in [0.15, 0.2) is 12.4 Å². The van der Waals surface area contributed by atoms with E-state index in [1.807, 2.05) is 11.7 Å². The summed E-state index contributed by atoms with van der Waals surface area (Å²) in [5.74, 6) is 0.992. The predicted octanol–water partition coefficient (Wildman–Crippen LogP) is 0.534. The Hall–Kier alpha value is -1.16. The van der Waals surface area contributed by atoms with Crippen molar-refractivity contribution in [2.75, 3.05) is 20.1 Å². The van der Waals surface area contributed by atoms with Crippen LogP contribution in [0.4, 0.5) is 0 Å². The first kappa shape index (κ1) is 8.44. The molecule has 1 aliphatic rings. The molecule has 2 heterocycles. The van der Waals surface area contributed by atoms with Gasteiger partial charge >= 0.3 is 0 Å². The van der Waals surface area contributed by atoms with Crippen molar-refractivity contribution in [2.45, 2.75) is 6.42 Å². The summed E-state index contributed by atoms with van der Waals surface area (Å²) in [5.41, 5.74) is 1.29. The molecule has 0 saturated heterocycles. The van der Waals surface area contributed by atoms with Crippen LogP contribution in [0.2, 0.25) is 0 Å². The molecular weight excluding hydrogens is 164 g/mol. The first-order valence-electron chi connectivity index (χ1n) is 4.49. The monoisotopic (exact) mass is 178 g/mol. The molecule has 0 aromatic carbocycles. The van der Waals surface area contributed by atoms with E-state index in [4.69, 9.17) is 0 Å². The van der Waals surface area contributed by atoms with Crippen LogP contribution in [0.5, 0.6) is 0 Å². The Morgan fingerprint density at radius 1 is 1.38 bits per heavy atom. The van der Waals surface area contributed by atoms with Gasteiger partial charge in [-0.15, -0.1) is 0 Å². The molecular formula is C9H14N4. The third-order valence-corrected chi connectivity index (χ3v) is 2.34. The van der Waals surface area contributed by atoms with Gasteiger partial charge in [-0.2, -0.15) is 5.10 Å². The Bertz CT molecular complexity index is 326. The van der Waals surface area contributed by atoms with E-state index in [0.29, 0.717) is 0 Å². The highest BCUT2D eigenvalue weighted by atomic mass is 15.3. The summed E-state index contributed by atoms with van der Waals surface area (Å²) in [6, 6.07) is 0. The highest BCUT2D eigenvalue weighted by Gasteiger charge is 2.13. The molecule has 4 nitrogen and oxygen atoms in total. The molecule has 4 heteroatoms. The lowest BCUT2D eigenvalue weighted by atomic mass is 10.1. The Kier molecular flexibility index (Phi) is 2.14. The van der Waals surface area contributed by atoms with Crippen molar-refractivity contribution in [1.29, 1.82) is 0 Å². The van der Waals surface area contributed by atoms with E-state index in [9.17, 15) is 0 Å². The van der Waals surface area contributed by atoms with E-state index >= 15 is 0 Å². The minimum absolute atomic E-state index is 0.979. The second kappa shape index (κ2) is 3.30. The lowest BCUT2D eigenvalue weighted by Gasteiger charge is -2.22. The molecule has 0 atom stereocenters. The van der Waals surface area contributed by atoms with Gasteiger partial charge in [0.25, 0.3) is 0 Å². The predicted molar refractivity (Wildman–Crippen MR) is 51.1 cm³/mol.